The van der Waals surface area contributed by atoms with Crippen LogP contribution in [0.5, 0.6) is 0 Å². The third-order valence-corrected chi connectivity index (χ3v) is 5.89. The van der Waals surface area contributed by atoms with E-state index in [9.17, 15) is 0 Å². The first-order chi connectivity index (χ1) is 18.8. The molecule has 41 heavy (non-hydrogen) atoms. The summed E-state index contributed by atoms with van der Waals surface area (Å²) < 4.78 is 2.06. The molecule has 0 aliphatic rings. The zero-order valence-corrected chi connectivity index (χ0v) is 28.0. The number of hydrogen-bond donors (Lipinski definition) is 0. The van der Waals surface area contributed by atoms with Crippen molar-refractivity contribution in [3.8, 4) is 0 Å². The van der Waals surface area contributed by atoms with E-state index in [4.69, 9.17) is 0 Å². The molecule has 224 valence electrons. The maximum absolute atomic E-state index is 4.26. The van der Waals surface area contributed by atoms with Crippen LogP contribution in [0.25, 0.3) is 0 Å². The second kappa shape index (κ2) is 15.6. The maximum atomic E-state index is 4.26. The number of hydrogen-bond acceptors (Lipinski definition) is 4. The van der Waals surface area contributed by atoms with Gasteiger partial charge in [-0.3, -0.25) is 15.0 Å². The molecule has 0 saturated carbocycles. The molecule has 5 nitrogen and oxygen atoms in total. The average molecular weight is 558 g/mol. The standard InChI is InChI=1S/C10H15N.2C9H13N.C8H14N2/c1-10(2,3)8-9-6-4-5-7-11-9;1-9(2,3)8-5-4-6-10-7-8;1-9(2,3)8-6-4-5-7-10-8;1-8(2,3)7-9-5-6-10(7)4/h4-7H,8H2,1-3H3;2*4-7H,1-3H3;5-6H,1-4H3. The molecule has 0 spiro atoms. The fraction of sp³-hybridized carbons (Fsp3) is 0.500. The Morgan fingerprint density at radius 1 is 0.585 bits per heavy atom. The molecule has 0 aliphatic carbocycles. The second-order valence-electron chi connectivity index (χ2n) is 14.6. The lowest BCUT2D eigenvalue weighted by molar-refractivity contribution is 0.406. The summed E-state index contributed by atoms with van der Waals surface area (Å²) in [6.45, 7) is 26.2. The summed E-state index contributed by atoms with van der Waals surface area (Å²) in [6, 6.07) is 16.2. The number of rotatable bonds is 1. The molecule has 4 aromatic rings. The lowest BCUT2D eigenvalue weighted by Gasteiger charge is -2.17. The number of imidazole rings is 1. The summed E-state index contributed by atoms with van der Waals surface area (Å²) in [4.78, 5) is 16.8. The lowest BCUT2D eigenvalue weighted by atomic mass is 9.88. The van der Waals surface area contributed by atoms with Gasteiger partial charge in [-0.2, -0.15) is 0 Å². The summed E-state index contributed by atoms with van der Waals surface area (Å²) in [5, 5.41) is 0. The monoisotopic (exact) mass is 557 g/mol. The third kappa shape index (κ3) is 15.3. The Morgan fingerprint density at radius 3 is 1.49 bits per heavy atom. The van der Waals surface area contributed by atoms with Crippen molar-refractivity contribution >= 4 is 0 Å². The van der Waals surface area contributed by atoms with Crippen molar-refractivity contribution in [1.29, 1.82) is 0 Å². The van der Waals surface area contributed by atoms with Gasteiger partial charge in [-0.05, 0) is 53.1 Å². The van der Waals surface area contributed by atoms with Crippen LogP contribution in [0.2, 0.25) is 0 Å². The van der Waals surface area contributed by atoms with Crippen molar-refractivity contribution in [2.75, 3.05) is 0 Å². The average Bonchev–Trinajstić information content (AvgIpc) is 3.32. The number of nitrogens with zero attached hydrogens (tertiary/aromatic N) is 5. The normalized spacial score (nSPS) is 11.6. The smallest absolute Gasteiger partial charge is 0.113 e. The number of aryl methyl sites for hydroxylation is 1. The quantitative estimate of drug-likeness (QED) is 0.234. The maximum Gasteiger partial charge on any atom is 0.113 e. The van der Waals surface area contributed by atoms with Crippen LogP contribution < -0.4 is 0 Å². The van der Waals surface area contributed by atoms with Gasteiger partial charge in [0, 0.05) is 66.4 Å². The van der Waals surface area contributed by atoms with Crippen LogP contribution in [0, 0.1) is 5.41 Å². The van der Waals surface area contributed by atoms with E-state index in [1.807, 2.05) is 68.4 Å². The summed E-state index contributed by atoms with van der Waals surface area (Å²) in [5.41, 5.74) is 4.53. The molecule has 0 amide bonds. The molecule has 0 aromatic carbocycles. The molecule has 0 fully saturated rings. The highest BCUT2D eigenvalue weighted by Crippen LogP contribution is 2.21. The van der Waals surface area contributed by atoms with Crippen molar-refractivity contribution in [2.45, 2.75) is 106 Å². The minimum Gasteiger partial charge on any atom is -0.338 e. The van der Waals surface area contributed by atoms with Gasteiger partial charge in [0.15, 0.2) is 0 Å². The highest BCUT2D eigenvalue weighted by molar-refractivity contribution is 5.17. The zero-order valence-electron chi connectivity index (χ0n) is 28.0. The van der Waals surface area contributed by atoms with Gasteiger partial charge < -0.3 is 4.57 Å². The summed E-state index contributed by atoms with van der Waals surface area (Å²) in [7, 11) is 2.02. The van der Waals surface area contributed by atoms with E-state index >= 15 is 0 Å². The Labute approximate surface area is 250 Å². The van der Waals surface area contributed by atoms with Crippen molar-refractivity contribution in [3.05, 3.63) is 108 Å². The lowest BCUT2D eigenvalue weighted by Crippen LogP contribution is -2.16. The van der Waals surface area contributed by atoms with Crippen LogP contribution in [0.15, 0.2) is 85.7 Å². The largest absolute Gasteiger partial charge is 0.338 e. The van der Waals surface area contributed by atoms with Crippen LogP contribution in [0.4, 0.5) is 0 Å². The molecule has 0 bridgehead atoms. The van der Waals surface area contributed by atoms with Crippen LogP contribution >= 0.6 is 0 Å². The number of aromatic nitrogens is 5. The number of pyridine rings is 3. The highest BCUT2D eigenvalue weighted by Gasteiger charge is 2.17. The first-order valence-electron chi connectivity index (χ1n) is 14.5. The second-order valence-corrected chi connectivity index (χ2v) is 14.6. The third-order valence-electron chi connectivity index (χ3n) is 5.89. The van der Waals surface area contributed by atoms with Crippen molar-refractivity contribution in [2.24, 2.45) is 12.5 Å². The Hall–Kier alpha value is -3.34. The van der Waals surface area contributed by atoms with E-state index in [0.29, 0.717) is 5.41 Å². The van der Waals surface area contributed by atoms with E-state index < -0.39 is 0 Å². The van der Waals surface area contributed by atoms with Gasteiger partial charge in [-0.15, -0.1) is 0 Å². The summed E-state index contributed by atoms with van der Waals surface area (Å²) >= 11 is 0. The van der Waals surface area contributed by atoms with E-state index in [0.717, 1.165) is 17.9 Å². The van der Waals surface area contributed by atoms with Gasteiger partial charge in [-0.1, -0.05) is 101 Å². The minimum atomic E-state index is 0.165. The fourth-order valence-corrected chi connectivity index (χ4v) is 3.75. The molecule has 4 heterocycles. The molecular formula is C36H55N5. The molecule has 0 atom stereocenters. The topological polar surface area (TPSA) is 56.5 Å². The Kier molecular flexibility index (Phi) is 13.6. The minimum absolute atomic E-state index is 0.165. The Balaban J connectivity index is 0.000000274. The Bertz CT molecular complexity index is 1170. The van der Waals surface area contributed by atoms with Crippen LogP contribution in [-0.4, -0.2) is 24.5 Å². The highest BCUT2D eigenvalue weighted by atomic mass is 15.0. The van der Waals surface area contributed by atoms with Gasteiger partial charge in [0.2, 0.25) is 0 Å². The van der Waals surface area contributed by atoms with Gasteiger partial charge in [-0.25, -0.2) is 4.98 Å². The van der Waals surface area contributed by atoms with Gasteiger partial charge in [0.05, 0.1) is 0 Å². The molecule has 5 heteroatoms. The van der Waals surface area contributed by atoms with Crippen molar-refractivity contribution in [3.63, 3.8) is 0 Å². The van der Waals surface area contributed by atoms with E-state index in [2.05, 4.69) is 126 Å². The summed E-state index contributed by atoms with van der Waals surface area (Å²) in [5.74, 6) is 1.13. The SMILES string of the molecule is CC(C)(C)Cc1ccccn1.CC(C)(C)c1ccccn1.CC(C)(C)c1cccnc1.Cn1ccnc1C(C)(C)C. The molecular weight excluding hydrogens is 502 g/mol. The van der Waals surface area contributed by atoms with Crippen molar-refractivity contribution < 1.29 is 0 Å². The molecule has 4 rings (SSSR count). The van der Waals surface area contributed by atoms with Crippen molar-refractivity contribution in [1.82, 2.24) is 24.5 Å². The summed E-state index contributed by atoms with van der Waals surface area (Å²) in [6.07, 6.45) is 12.3. The molecule has 0 unspecified atom stereocenters. The van der Waals surface area contributed by atoms with E-state index in [1.165, 1.54) is 11.3 Å². The van der Waals surface area contributed by atoms with E-state index in [1.54, 1.807) is 6.20 Å². The molecule has 0 aliphatic heterocycles. The fourth-order valence-electron chi connectivity index (χ4n) is 3.75. The Morgan fingerprint density at radius 2 is 1.20 bits per heavy atom. The van der Waals surface area contributed by atoms with Crippen LogP contribution in [0.1, 0.15) is 106 Å². The van der Waals surface area contributed by atoms with E-state index in [-0.39, 0.29) is 16.2 Å². The zero-order chi connectivity index (χ0) is 31.3. The van der Waals surface area contributed by atoms with Gasteiger partial charge >= 0.3 is 0 Å². The van der Waals surface area contributed by atoms with Gasteiger partial charge in [0.1, 0.15) is 5.82 Å². The predicted molar refractivity (Wildman–Crippen MR) is 175 cm³/mol. The molecule has 0 saturated heterocycles. The first-order valence-corrected chi connectivity index (χ1v) is 14.5. The molecule has 0 radical (unpaired) electrons. The molecule has 0 N–H and O–H groups in total. The predicted octanol–water partition coefficient (Wildman–Crippen LogP) is 9.15. The van der Waals surface area contributed by atoms with Gasteiger partial charge in [0.25, 0.3) is 0 Å². The van der Waals surface area contributed by atoms with Crippen LogP contribution in [0.3, 0.4) is 0 Å². The van der Waals surface area contributed by atoms with Crippen LogP contribution in [-0.2, 0) is 29.7 Å². The first kappa shape index (κ1) is 35.7. The molecule has 4 aromatic heterocycles.